The van der Waals surface area contributed by atoms with E-state index in [-0.39, 0.29) is 0 Å². The molecule has 0 spiro atoms. The molecule has 9 rings (SSSR count). The number of nitrogens with one attached hydrogen (secondary N) is 1. The van der Waals surface area contributed by atoms with E-state index in [1.165, 1.54) is 0 Å². The molecule has 52 heavy (non-hydrogen) atoms. The summed E-state index contributed by atoms with van der Waals surface area (Å²) < 4.78 is 2.27. The molecular weight excluding hydrogens is 633 g/mol. The van der Waals surface area contributed by atoms with E-state index < -0.39 is 0 Å². The Morgan fingerprint density at radius 1 is 0.423 bits per heavy atom. The lowest BCUT2D eigenvalue weighted by molar-refractivity contribution is 1.10. The van der Waals surface area contributed by atoms with Crippen molar-refractivity contribution in [3.8, 4) is 61.7 Å². The Bertz CT molecular complexity index is 2630. The average molecular weight is 667 g/mol. The Balaban J connectivity index is 1.26. The van der Waals surface area contributed by atoms with Crippen LogP contribution in [0.3, 0.4) is 0 Å². The molecular formula is C48H34N4. The molecule has 0 aliphatic carbocycles. The van der Waals surface area contributed by atoms with Crippen molar-refractivity contribution in [3.05, 3.63) is 200 Å². The summed E-state index contributed by atoms with van der Waals surface area (Å²) in [5.74, 6) is 0.865. The van der Waals surface area contributed by atoms with E-state index in [4.69, 9.17) is 9.97 Å². The minimum absolute atomic E-state index is 0.865. The maximum absolute atomic E-state index is 5.50. The Morgan fingerprint density at radius 3 is 1.77 bits per heavy atom. The third kappa shape index (κ3) is 6.03. The highest BCUT2D eigenvalue weighted by molar-refractivity contribution is 5.98. The van der Waals surface area contributed by atoms with Crippen molar-refractivity contribution < 1.29 is 0 Å². The monoisotopic (exact) mass is 666 g/mol. The molecule has 0 unspecified atom stereocenters. The number of aromatic nitrogens is 3. The minimum Gasteiger partial charge on any atom is -0.355 e. The quantitative estimate of drug-likeness (QED) is 0.175. The van der Waals surface area contributed by atoms with E-state index in [0.29, 0.717) is 0 Å². The molecule has 0 aliphatic heterocycles. The maximum Gasteiger partial charge on any atom is 0.147 e. The minimum atomic E-state index is 0.865. The molecule has 2 aromatic heterocycles. The van der Waals surface area contributed by atoms with Crippen molar-refractivity contribution in [1.82, 2.24) is 14.5 Å². The van der Waals surface area contributed by atoms with E-state index in [9.17, 15) is 0 Å². The Morgan fingerprint density at radius 2 is 1.02 bits per heavy atom. The van der Waals surface area contributed by atoms with Crippen molar-refractivity contribution in [2.24, 2.45) is 0 Å². The highest BCUT2D eigenvalue weighted by Gasteiger charge is 2.20. The molecule has 0 atom stereocenters. The number of pyridine rings is 1. The second-order valence-electron chi connectivity index (χ2n) is 12.8. The van der Waals surface area contributed by atoms with Gasteiger partial charge in [0.2, 0.25) is 0 Å². The first-order valence-corrected chi connectivity index (χ1v) is 17.5. The van der Waals surface area contributed by atoms with Gasteiger partial charge in [0.15, 0.2) is 0 Å². The van der Waals surface area contributed by atoms with Gasteiger partial charge < -0.3 is 5.32 Å². The number of nitrogens with zero attached hydrogens (tertiary/aromatic N) is 3. The molecule has 0 amide bonds. The van der Waals surface area contributed by atoms with Gasteiger partial charge in [-0.2, -0.15) is 0 Å². The SMILES string of the molecule is c1ccc(Nc2ccccc2-c2nc3c(-c4cc(-c5ccccc5)cc(-c5cc(-c6ccccc6)ccn5)c4)cccc3n2-c2ccccc2)cc1. The second kappa shape index (κ2) is 13.7. The van der Waals surface area contributed by atoms with Crippen molar-refractivity contribution in [3.63, 3.8) is 0 Å². The van der Waals surface area contributed by atoms with E-state index in [1.807, 2.05) is 30.5 Å². The number of hydrogen-bond donors (Lipinski definition) is 1. The fraction of sp³-hybridized carbons (Fsp3) is 0. The van der Waals surface area contributed by atoms with Gasteiger partial charge >= 0.3 is 0 Å². The second-order valence-corrected chi connectivity index (χ2v) is 12.8. The van der Waals surface area contributed by atoms with Crippen LogP contribution in [0.4, 0.5) is 11.4 Å². The molecule has 1 N–H and O–H groups in total. The van der Waals surface area contributed by atoms with Crippen LogP contribution in [0.25, 0.3) is 72.7 Å². The van der Waals surface area contributed by atoms with Gasteiger partial charge in [-0.05, 0) is 101 Å². The maximum atomic E-state index is 5.50. The molecule has 4 heteroatoms. The van der Waals surface area contributed by atoms with Gasteiger partial charge in [0.1, 0.15) is 5.82 Å². The number of hydrogen-bond acceptors (Lipinski definition) is 3. The van der Waals surface area contributed by atoms with Gasteiger partial charge in [-0.15, -0.1) is 0 Å². The molecule has 0 fully saturated rings. The van der Waals surface area contributed by atoms with E-state index in [2.05, 4.69) is 180 Å². The molecule has 4 nitrogen and oxygen atoms in total. The fourth-order valence-corrected chi connectivity index (χ4v) is 6.94. The first-order valence-electron chi connectivity index (χ1n) is 17.5. The molecule has 0 saturated heterocycles. The molecule has 0 bridgehead atoms. The number of benzene rings is 7. The predicted molar refractivity (Wildman–Crippen MR) is 216 cm³/mol. The van der Waals surface area contributed by atoms with Gasteiger partial charge in [-0.3, -0.25) is 9.55 Å². The van der Waals surface area contributed by atoms with Crippen LogP contribution < -0.4 is 5.32 Å². The highest BCUT2D eigenvalue weighted by Crippen LogP contribution is 2.40. The predicted octanol–water partition coefficient (Wildman–Crippen LogP) is 12.5. The van der Waals surface area contributed by atoms with Crippen LogP contribution in [-0.2, 0) is 0 Å². The summed E-state index contributed by atoms with van der Waals surface area (Å²) in [7, 11) is 0. The fourth-order valence-electron chi connectivity index (χ4n) is 6.94. The van der Waals surface area contributed by atoms with E-state index >= 15 is 0 Å². The Kier molecular flexibility index (Phi) is 8.16. The molecule has 0 saturated carbocycles. The van der Waals surface area contributed by atoms with E-state index in [0.717, 1.165) is 84.1 Å². The number of fused-ring (bicyclic) bond motifs is 1. The Hall–Kier alpha value is -7.04. The van der Waals surface area contributed by atoms with Gasteiger partial charge in [0, 0.05) is 39.9 Å². The normalized spacial score (nSPS) is 11.1. The van der Waals surface area contributed by atoms with Crippen molar-refractivity contribution in [2.45, 2.75) is 0 Å². The number of para-hydroxylation sites is 4. The zero-order chi connectivity index (χ0) is 34.7. The largest absolute Gasteiger partial charge is 0.355 e. The average Bonchev–Trinajstić information content (AvgIpc) is 3.62. The van der Waals surface area contributed by atoms with E-state index in [1.54, 1.807) is 0 Å². The van der Waals surface area contributed by atoms with Crippen molar-refractivity contribution in [1.29, 1.82) is 0 Å². The van der Waals surface area contributed by atoms with Gasteiger partial charge in [-0.1, -0.05) is 121 Å². The lowest BCUT2D eigenvalue weighted by Crippen LogP contribution is -2.00. The van der Waals surface area contributed by atoms with Crippen LogP contribution in [-0.4, -0.2) is 14.5 Å². The third-order valence-corrected chi connectivity index (χ3v) is 9.43. The summed E-state index contributed by atoms with van der Waals surface area (Å²) in [6.45, 7) is 0. The third-order valence-electron chi connectivity index (χ3n) is 9.43. The molecule has 7 aromatic carbocycles. The van der Waals surface area contributed by atoms with Crippen LogP contribution in [0.5, 0.6) is 0 Å². The summed E-state index contributed by atoms with van der Waals surface area (Å²) >= 11 is 0. The van der Waals surface area contributed by atoms with Gasteiger partial charge in [-0.25, -0.2) is 4.98 Å². The van der Waals surface area contributed by atoms with Crippen LogP contribution in [0, 0.1) is 0 Å². The van der Waals surface area contributed by atoms with Crippen LogP contribution in [0.15, 0.2) is 200 Å². The molecule has 246 valence electrons. The standard InChI is InChI=1S/C48H34N4/c1-5-16-34(17-6-1)36-28-29-49-45(33-36)39-31-37(35-18-7-2-8-19-35)30-38(32-39)42-25-15-27-46-47(42)51-48(52(46)41-22-11-4-12-23-41)43-24-13-14-26-44(43)50-40-20-9-3-10-21-40/h1-33,50H. The summed E-state index contributed by atoms with van der Waals surface area (Å²) in [4.78, 5) is 10.4. The zero-order valence-electron chi connectivity index (χ0n) is 28.4. The highest BCUT2D eigenvalue weighted by atomic mass is 15.1. The molecule has 0 aliphatic rings. The van der Waals surface area contributed by atoms with Gasteiger partial charge in [0.05, 0.1) is 16.7 Å². The van der Waals surface area contributed by atoms with Crippen LogP contribution >= 0.6 is 0 Å². The lowest BCUT2D eigenvalue weighted by Gasteiger charge is -2.14. The number of rotatable bonds is 8. The van der Waals surface area contributed by atoms with Crippen molar-refractivity contribution in [2.75, 3.05) is 5.32 Å². The summed E-state index contributed by atoms with van der Waals surface area (Å²) in [6, 6.07) is 67.7. The van der Waals surface area contributed by atoms with Crippen LogP contribution in [0.2, 0.25) is 0 Å². The van der Waals surface area contributed by atoms with Crippen LogP contribution in [0.1, 0.15) is 0 Å². The number of imidazole rings is 1. The molecule has 2 heterocycles. The van der Waals surface area contributed by atoms with Gasteiger partial charge in [0.25, 0.3) is 0 Å². The Labute approximate surface area is 303 Å². The summed E-state index contributed by atoms with van der Waals surface area (Å²) in [5.41, 5.74) is 14.7. The number of anilines is 2. The zero-order valence-corrected chi connectivity index (χ0v) is 28.4. The first kappa shape index (κ1) is 31.0. The first-order chi connectivity index (χ1) is 25.8. The smallest absolute Gasteiger partial charge is 0.147 e. The lowest BCUT2D eigenvalue weighted by atomic mass is 9.93. The molecule has 0 radical (unpaired) electrons. The summed E-state index contributed by atoms with van der Waals surface area (Å²) in [5, 5.41) is 3.65. The summed E-state index contributed by atoms with van der Waals surface area (Å²) in [6.07, 6.45) is 1.90. The topological polar surface area (TPSA) is 42.7 Å². The molecule has 9 aromatic rings. The van der Waals surface area contributed by atoms with Crippen molar-refractivity contribution >= 4 is 22.4 Å².